The fourth-order valence-corrected chi connectivity index (χ4v) is 2.36. The van der Waals surface area contributed by atoms with Crippen LogP contribution >= 0.6 is 12.2 Å². The minimum atomic E-state index is -0.676. The Kier molecular flexibility index (Phi) is 6.48. The van der Waals surface area contributed by atoms with Crippen LogP contribution in [-0.4, -0.2) is 36.6 Å². The Hall–Kier alpha value is -1.27. The van der Waals surface area contributed by atoms with Crippen molar-refractivity contribution >= 4 is 22.9 Å². The standard InChI is InChI=1S/C15H23F2N3S/c1-9(2)5-11(8-20(3)4)19-14-12(16)6-10(15(18)21)7-13(14)17/h6-7,9,11,19H,5,8H2,1-4H3,(H2,18,21). The molecule has 6 heteroatoms. The topological polar surface area (TPSA) is 41.3 Å². The van der Waals surface area contributed by atoms with Crippen molar-refractivity contribution in [2.45, 2.75) is 26.3 Å². The number of nitrogens with one attached hydrogen (secondary N) is 1. The maximum atomic E-state index is 14.1. The van der Waals surface area contributed by atoms with Crippen molar-refractivity contribution in [3.8, 4) is 0 Å². The van der Waals surface area contributed by atoms with Gasteiger partial charge in [0.1, 0.15) is 22.3 Å². The molecule has 1 rings (SSSR count). The number of thiocarbonyl (C=S) groups is 1. The molecular formula is C15H23F2N3S. The van der Waals surface area contributed by atoms with Crippen LogP contribution in [0.4, 0.5) is 14.5 Å². The Morgan fingerprint density at radius 3 is 2.19 bits per heavy atom. The molecule has 0 aromatic heterocycles. The number of hydrogen-bond acceptors (Lipinski definition) is 3. The predicted octanol–water partition coefficient (Wildman–Crippen LogP) is 2.99. The summed E-state index contributed by atoms with van der Waals surface area (Å²) in [6, 6.07) is 2.28. The number of rotatable bonds is 7. The normalized spacial score (nSPS) is 12.8. The molecule has 3 N–H and O–H groups in total. The van der Waals surface area contributed by atoms with Gasteiger partial charge >= 0.3 is 0 Å². The fraction of sp³-hybridized carbons (Fsp3) is 0.533. The maximum Gasteiger partial charge on any atom is 0.150 e. The van der Waals surface area contributed by atoms with E-state index < -0.39 is 11.6 Å². The third-order valence-electron chi connectivity index (χ3n) is 3.02. The Balaban J connectivity index is 3.00. The van der Waals surface area contributed by atoms with Crippen LogP contribution in [0.1, 0.15) is 25.8 Å². The second-order valence-corrected chi connectivity index (χ2v) is 6.35. The Morgan fingerprint density at radius 2 is 1.81 bits per heavy atom. The molecule has 0 aliphatic rings. The van der Waals surface area contributed by atoms with Crippen molar-refractivity contribution in [3.05, 3.63) is 29.3 Å². The summed E-state index contributed by atoms with van der Waals surface area (Å²) in [4.78, 5) is 1.96. The smallest absolute Gasteiger partial charge is 0.150 e. The van der Waals surface area contributed by atoms with Crippen LogP contribution in [-0.2, 0) is 0 Å². The van der Waals surface area contributed by atoms with Crippen molar-refractivity contribution in [1.29, 1.82) is 0 Å². The van der Waals surface area contributed by atoms with E-state index in [2.05, 4.69) is 19.2 Å². The third-order valence-corrected chi connectivity index (χ3v) is 3.25. The molecule has 1 unspecified atom stereocenters. The maximum absolute atomic E-state index is 14.1. The highest BCUT2D eigenvalue weighted by Crippen LogP contribution is 2.23. The summed E-state index contributed by atoms with van der Waals surface area (Å²) < 4.78 is 28.2. The molecule has 0 amide bonds. The first-order chi connectivity index (χ1) is 9.70. The van der Waals surface area contributed by atoms with Gasteiger partial charge in [0.15, 0.2) is 0 Å². The van der Waals surface area contributed by atoms with E-state index in [0.717, 1.165) is 18.6 Å². The van der Waals surface area contributed by atoms with E-state index >= 15 is 0 Å². The lowest BCUT2D eigenvalue weighted by Crippen LogP contribution is -2.34. The van der Waals surface area contributed by atoms with Gasteiger partial charge in [0.25, 0.3) is 0 Å². The molecule has 0 aliphatic heterocycles. The fourth-order valence-electron chi connectivity index (χ4n) is 2.25. The second kappa shape index (κ2) is 7.66. The Bertz CT molecular complexity index is 471. The molecule has 0 bridgehead atoms. The number of nitrogens with zero attached hydrogens (tertiary/aromatic N) is 1. The summed E-state index contributed by atoms with van der Waals surface area (Å²) >= 11 is 4.74. The van der Waals surface area contributed by atoms with E-state index in [1.807, 2.05) is 19.0 Å². The number of halogens is 2. The SMILES string of the molecule is CC(C)CC(CN(C)C)Nc1c(F)cc(C(N)=S)cc1F. The molecule has 0 fully saturated rings. The lowest BCUT2D eigenvalue weighted by molar-refractivity contribution is 0.355. The van der Waals surface area contributed by atoms with E-state index in [0.29, 0.717) is 12.5 Å². The van der Waals surface area contributed by atoms with Crippen molar-refractivity contribution < 1.29 is 8.78 Å². The summed E-state index contributed by atoms with van der Waals surface area (Å²) in [5.74, 6) is -0.930. The second-order valence-electron chi connectivity index (χ2n) is 5.91. The highest BCUT2D eigenvalue weighted by atomic mass is 32.1. The molecule has 0 heterocycles. The molecular weight excluding hydrogens is 292 g/mol. The van der Waals surface area contributed by atoms with Crippen molar-refractivity contribution in [2.75, 3.05) is 26.0 Å². The summed E-state index contributed by atoms with van der Waals surface area (Å²) in [6.07, 6.45) is 0.814. The van der Waals surface area contributed by atoms with Crippen molar-refractivity contribution in [1.82, 2.24) is 4.90 Å². The molecule has 1 atom stereocenters. The Morgan fingerprint density at radius 1 is 1.29 bits per heavy atom. The van der Waals surface area contributed by atoms with Gasteiger partial charge in [-0.1, -0.05) is 26.1 Å². The molecule has 1 aromatic carbocycles. The van der Waals surface area contributed by atoms with Gasteiger partial charge in [-0.25, -0.2) is 8.78 Å². The first-order valence-electron chi connectivity index (χ1n) is 6.90. The monoisotopic (exact) mass is 315 g/mol. The van der Waals surface area contributed by atoms with Crippen LogP contribution in [0.5, 0.6) is 0 Å². The molecule has 0 aliphatic carbocycles. The predicted molar refractivity (Wildman–Crippen MR) is 87.7 cm³/mol. The first kappa shape index (κ1) is 17.8. The summed E-state index contributed by atoms with van der Waals surface area (Å²) in [5, 5.41) is 2.97. The van der Waals surface area contributed by atoms with E-state index in [-0.39, 0.29) is 22.3 Å². The molecule has 3 nitrogen and oxygen atoms in total. The number of likely N-dealkylation sites (N-methyl/N-ethyl adjacent to an activating group) is 1. The number of benzene rings is 1. The van der Waals surface area contributed by atoms with Gasteiger partial charge < -0.3 is 16.0 Å². The molecule has 0 spiro atoms. The van der Waals surface area contributed by atoms with Gasteiger partial charge in [-0.3, -0.25) is 0 Å². The third kappa shape index (κ3) is 5.55. The van der Waals surface area contributed by atoms with Crippen LogP contribution in [0.2, 0.25) is 0 Å². The molecule has 118 valence electrons. The zero-order valence-electron chi connectivity index (χ0n) is 12.9. The van der Waals surface area contributed by atoms with Crippen LogP contribution in [0.25, 0.3) is 0 Å². The zero-order chi connectivity index (χ0) is 16.2. The minimum absolute atomic E-state index is 0.0219. The highest BCUT2D eigenvalue weighted by molar-refractivity contribution is 7.80. The molecule has 21 heavy (non-hydrogen) atoms. The molecule has 0 radical (unpaired) electrons. The van der Waals surface area contributed by atoms with Crippen LogP contribution in [0.3, 0.4) is 0 Å². The van der Waals surface area contributed by atoms with Crippen LogP contribution in [0, 0.1) is 17.6 Å². The lowest BCUT2D eigenvalue weighted by Gasteiger charge is -2.25. The number of anilines is 1. The van der Waals surface area contributed by atoms with Crippen molar-refractivity contribution in [2.24, 2.45) is 11.7 Å². The van der Waals surface area contributed by atoms with Gasteiger partial charge in [0, 0.05) is 18.2 Å². The average molecular weight is 315 g/mol. The largest absolute Gasteiger partial charge is 0.389 e. The van der Waals surface area contributed by atoms with Gasteiger partial charge in [0.2, 0.25) is 0 Å². The molecule has 0 saturated heterocycles. The van der Waals surface area contributed by atoms with E-state index in [4.69, 9.17) is 18.0 Å². The number of hydrogen-bond donors (Lipinski definition) is 2. The van der Waals surface area contributed by atoms with Crippen LogP contribution < -0.4 is 11.1 Å². The summed E-state index contributed by atoms with van der Waals surface area (Å²) in [6.45, 7) is 4.84. The number of nitrogens with two attached hydrogens (primary N) is 1. The highest BCUT2D eigenvalue weighted by Gasteiger charge is 2.18. The van der Waals surface area contributed by atoms with Crippen LogP contribution in [0.15, 0.2) is 12.1 Å². The first-order valence-corrected chi connectivity index (χ1v) is 7.31. The molecule has 1 aromatic rings. The van der Waals surface area contributed by atoms with E-state index in [1.54, 1.807) is 0 Å². The average Bonchev–Trinajstić information content (AvgIpc) is 2.31. The van der Waals surface area contributed by atoms with E-state index in [9.17, 15) is 8.78 Å². The van der Waals surface area contributed by atoms with E-state index in [1.165, 1.54) is 0 Å². The quantitative estimate of drug-likeness (QED) is 0.759. The summed E-state index contributed by atoms with van der Waals surface area (Å²) in [7, 11) is 3.86. The van der Waals surface area contributed by atoms with Crippen molar-refractivity contribution in [3.63, 3.8) is 0 Å². The summed E-state index contributed by atoms with van der Waals surface area (Å²) in [5.41, 5.74) is 5.48. The minimum Gasteiger partial charge on any atom is -0.389 e. The van der Waals surface area contributed by atoms with Gasteiger partial charge in [-0.2, -0.15) is 0 Å². The lowest BCUT2D eigenvalue weighted by atomic mass is 10.0. The van der Waals surface area contributed by atoms with Gasteiger partial charge in [-0.05, 0) is 38.6 Å². The van der Waals surface area contributed by atoms with Gasteiger partial charge in [-0.15, -0.1) is 0 Å². The molecule has 0 saturated carbocycles. The zero-order valence-corrected chi connectivity index (χ0v) is 13.7. The van der Waals surface area contributed by atoms with Gasteiger partial charge in [0.05, 0.1) is 0 Å². The Labute approximate surface area is 130 Å².